The van der Waals surface area contributed by atoms with Gasteiger partial charge in [0.1, 0.15) is 0 Å². The van der Waals surface area contributed by atoms with Crippen LogP contribution >= 0.6 is 0 Å². The summed E-state index contributed by atoms with van der Waals surface area (Å²) in [6.07, 6.45) is 0.702. The van der Waals surface area contributed by atoms with Gasteiger partial charge in [-0.15, -0.1) is 0 Å². The largest absolute Gasteiger partial charge is 0.481 e. The van der Waals surface area contributed by atoms with Gasteiger partial charge in [0.15, 0.2) is 0 Å². The van der Waals surface area contributed by atoms with Crippen molar-refractivity contribution in [1.82, 2.24) is 4.90 Å². The van der Waals surface area contributed by atoms with Gasteiger partial charge < -0.3 is 14.9 Å². The van der Waals surface area contributed by atoms with E-state index in [1.165, 1.54) is 0 Å². The number of benzene rings is 1. The van der Waals surface area contributed by atoms with Crippen LogP contribution in [-0.2, 0) is 16.1 Å². The molecule has 0 saturated heterocycles. The maximum absolute atomic E-state index is 11.8. The summed E-state index contributed by atoms with van der Waals surface area (Å²) in [7, 11) is 5.70. The molecule has 1 aromatic rings. The number of amides is 1. The molecular weight excluding hydrogens is 256 g/mol. The molecule has 0 aliphatic carbocycles. The van der Waals surface area contributed by atoms with E-state index in [-0.39, 0.29) is 18.7 Å². The maximum Gasteiger partial charge on any atom is 0.303 e. The molecule has 0 heterocycles. The second-order valence-corrected chi connectivity index (χ2v) is 5.06. The number of carboxylic acid groups (broad SMARTS) is 1. The summed E-state index contributed by atoms with van der Waals surface area (Å²) < 4.78 is 0. The first-order valence-corrected chi connectivity index (χ1v) is 6.62. The van der Waals surface area contributed by atoms with Gasteiger partial charge in [-0.1, -0.05) is 12.1 Å². The van der Waals surface area contributed by atoms with E-state index in [9.17, 15) is 9.59 Å². The number of carbonyl (C=O) groups excluding carboxylic acids is 1. The average molecular weight is 278 g/mol. The molecule has 1 amide bonds. The highest BCUT2D eigenvalue weighted by Gasteiger charge is 2.10. The zero-order valence-electron chi connectivity index (χ0n) is 12.3. The van der Waals surface area contributed by atoms with E-state index >= 15 is 0 Å². The van der Waals surface area contributed by atoms with Crippen LogP contribution in [0.15, 0.2) is 24.3 Å². The standard InChI is InChI=1S/C15H22N2O3/c1-16(2)13-9-7-12(8-10-13)11-17(3)14(18)5-4-6-15(19)20/h7-10H,4-6,11H2,1-3H3,(H,19,20). The first-order chi connectivity index (χ1) is 9.40. The number of hydrogen-bond acceptors (Lipinski definition) is 3. The minimum atomic E-state index is -0.861. The molecule has 1 aromatic carbocycles. The highest BCUT2D eigenvalue weighted by Crippen LogP contribution is 2.13. The lowest BCUT2D eigenvalue weighted by molar-refractivity contribution is -0.137. The Balaban J connectivity index is 2.46. The first kappa shape index (κ1) is 16.0. The maximum atomic E-state index is 11.8. The van der Waals surface area contributed by atoms with Gasteiger partial charge in [-0.2, -0.15) is 0 Å². The van der Waals surface area contributed by atoms with Crippen LogP contribution in [0.3, 0.4) is 0 Å². The highest BCUT2D eigenvalue weighted by molar-refractivity contribution is 5.76. The van der Waals surface area contributed by atoms with Crippen LogP contribution in [0, 0.1) is 0 Å². The second kappa shape index (κ2) is 7.53. The molecule has 1 N–H and O–H groups in total. The van der Waals surface area contributed by atoms with Gasteiger partial charge in [0.25, 0.3) is 0 Å². The van der Waals surface area contributed by atoms with Crippen molar-refractivity contribution in [2.75, 3.05) is 26.0 Å². The molecule has 0 saturated carbocycles. The minimum absolute atomic E-state index is 0.0251. The summed E-state index contributed by atoms with van der Waals surface area (Å²) in [6, 6.07) is 8.02. The monoisotopic (exact) mass is 278 g/mol. The Morgan fingerprint density at radius 3 is 2.15 bits per heavy atom. The SMILES string of the molecule is CN(Cc1ccc(N(C)C)cc1)C(=O)CCCC(=O)O. The van der Waals surface area contributed by atoms with E-state index in [1.54, 1.807) is 11.9 Å². The fraction of sp³-hybridized carbons (Fsp3) is 0.467. The predicted octanol–water partition coefficient (Wildman–Crippen LogP) is 1.97. The summed E-state index contributed by atoms with van der Waals surface area (Å²) in [4.78, 5) is 25.9. The number of carboxylic acids is 1. The van der Waals surface area contributed by atoms with E-state index in [0.717, 1.165) is 11.3 Å². The van der Waals surface area contributed by atoms with Crippen LogP contribution in [0.4, 0.5) is 5.69 Å². The summed E-state index contributed by atoms with van der Waals surface area (Å²) in [5.41, 5.74) is 2.17. The molecule has 0 fully saturated rings. The quantitative estimate of drug-likeness (QED) is 0.828. The van der Waals surface area contributed by atoms with Crippen molar-refractivity contribution >= 4 is 17.6 Å². The van der Waals surface area contributed by atoms with Gasteiger partial charge in [0.05, 0.1) is 0 Å². The number of carbonyl (C=O) groups is 2. The molecule has 0 aromatic heterocycles. The van der Waals surface area contributed by atoms with Crippen molar-refractivity contribution in [3.8, 4) is 0 Å². The molecule has 0 atom stereocenters. The number of rotatable bonds is 7. The summed E-state index contributed by atoms with van der Waals surface area (Å²) in [5, 5.41) is 8.54. The van der Waals surface area contributed by atoms with E-state index in [2.05, 4.69) is 0 Å². The van der Waals surface area contributed by atoms with Crippen molar-refractivity contribution in [2.45, 2.75) is 25.8 Å². The third-order valence-corrected chi connectivity index (χ3v) is 3.08. The zero-order valence-corrected chi connectivity index (χ0v) is 12.3. The number of anilines is 1. The van der Waals surface area contributed by atoms with E-state index in [4.69, 9.17) is 5.11 Å². The van der Waals surface area contributed by atoms with Crippen molar-refractivity contribution in [1.29, 1.82) is 0 Å². The lowest BCUT2D eigenvalue weighted by Gasteiger charge is -2.18. The molecule has 0 bridgehead atoms. The third kappa shape index (κ3) is 5.30. The molecule has 20 heavy (non-hydrogen) atoms. The van der Waals surface area contributed by atoms with Gasteiger partial charge in [0.2, 0.25) is 5.91 Å². The molecular formula is C15H22N2O3. The fourth-order valence-corrected chi connectivity index (χ4v) is 1.84. The lowest BCUT2D eigenvalue weighted by Crippen LogP contribution is -2.26. The second-order valence-electron chi connectivity index (χ2n) is 5.06. The first-order valence-electron chi connectivity index (χ1n) is 6.62. The minimum Gasteiger partial charge on any atom is -0.481 e. The normalized spacial score (nSPS) is 10.2. The molecule has 5 nitrogen and oxygen atoms in total. The van der Waals surface area contributed by atoms with Gasteiger partial charge in [-0.25, -0.2) is 0 Å². The smallest absolute Gasteiger partial charge is 0.303 e. The molecule has 0 radical (unpaired) electrons. The molecule has 1 rings (SSSR count). The van der Waals surface area contributed by atoms with E-state index < -0.39 is 5.97 Å². The fourth-order valence-electron chi connectivity index (χ4n) is 1.84. The average Bonchev–Trinajstić information content (AvgIpc) is 2.38. The molecule has 0 aliphatic rings. The molecule has 0 spiro atoms. The molecule has 5 heteroatoms. The van der Waals surface area contributed by atoms with Gasteiger partial charge in [-0.05, 0) is 24.1 Å². The molecule has 0 aliphatic heterocycles. The van der Waals surface area contributed by atoms with E-state index in [1.807, 2.05) is 43.3 Å². The number of nitrogens with zero attached hydrogens (tertiary/aromatic N) is 2. The molecule has 110 valence electrons. The third-order valence-electron chi connectivity index (χ3n) is 3.08. The zero-order chi connectivity index (χ0) is 15.1. The number of hydrogen-bond donors (Lipinski definition) is 1. The lowest BCUT2D eigenvalue weighted by atomic mass is 10.1. The van der Waals surface area contributed by atoms with Gasteiger partial charge in [0, 0.05) is 46.2 Å². The summed E-state index contributed by atoms with van der Waals surface area (Å²) >= 11 is 0. The van der Waals surface area contributed by atoms with Crippen molar-refractivity contribution in [3.05, 3.63) is 29.8 Å². The Bertz CT molecular complexity index is 455. The van der Waals surface area contributed by atoms with Crippen molar-refractivity contribution in [2.24, 2.45) is 0 Å². The van der Waals surface area contributed by atoms with Crippen molar-refractivity contribution < 1.29 is 14.7 Å². The Kier molecular flexibility index (Phi) is 6.03. The van der Waals surface area contributed by atoms with Crippen LogP contribution in [0.25, 0.3) is 0 Å². The Morgan fingerprint density at radius 1 is 1.05 bits per heavy atom. The van der Waals surface area contributed by atoms with Gasteiger partial charge in [-0.3, -0.25) is 9.59 Å². The van der Waals surface area contributed by atoms with Gasteiger partial charge >= 0.3 is 5.97 Å². The Labute approximate surface area is 119 Å². The summed E-state index contributed by atoms with van der Waals surface area (Å²) in [6.45, 7) is 0.541. The number of aliphatic carboxylic acids is 1. The van der Waals surface area contributed by atoms with E-state index in [0.29, 0.717) is 13.0 Å². The van der Waals surface area contributed by atoms with Crippen molar-refractivity contribution in [3.63, 3.8) is 0 Å². The topological polar surface area (TPSA) is 60.9 Å². The highest BCUT2D eigenvalue weighted by atomic mass is 16.4. The Morgan fingerprint density at radius 2 is 1.65 bits per heavy atom. The summed E-state index contributed by atoms with van der Waals surface area (Å²) in [5.74, 6) is -0.886. The van der Waals surface area contributed by atoms with Crippen LogP contribution in [0.2, 0.25) is 0 Å². The van der Waals surface area contributed by atoms with Crippen LogP contribution in [-0.4, -0.2) is 43.0 Å². The van der Waals surface area contributed by atoms with Crippen LogP contribution in [0.5, 0.6) is 0 Å². The predicted molar refractivity (Wildman–Crippen MR) is 78.7 cm³/mol. The van der Waals surface area contributed by atoms with Crippen LogP contribution in [0.1, 0.15) is 24.8 Å². The Hall–Kier alpha value is -2.04. The molecule has 0 unspecified atom stereocenters. The van der Waals surface area contributed by atoms with Crippen LogP contribution < -0.4 is 4.90 Å².